The van der Waals surface area contributed by atoms with Crippen molar-refractivity contribution in [2.45, 2.75) is 6.92 Å². The van der Waals surface area contributed by atoms with Gasteiger partial charge in [0.05, 0.1) is 18.1 Å². The van der Waals surface area contributed by atoms with E-state index in [1.165, 1.54) is 0 Å². The van der Waals surface area contributed by atoms with Crippen molar-refractivity contribution in [3.8, 4) is 0 Å². The predicted octanol–water partition coefficient (Wildman–Crippen LogP) is 0.273. The number of carbonyl (C=O) groups is 1. The van der Waals surface area contributed by atoms with Crippen molar-refractivity contribution in [1.29, 1.82) is 0 Å². The highest BCUT2D eigenvalue weighted by Gasteiger charge is 2.13. The van der Waals surface area contributed by atoms with Crippen LogP contribution in [0.2, 0.25) is 0 Å². The van der Waals surface area contributed by atoms with E-state index in [0.717, 1.165) is 0 Å². The van der Waals surface area contributed by atoms with Crippen molar-refractivity contribution >= 4 is 17.5 Å². The summed E-state index contributed by atoms with van der Waals surface area (Å²) < 4.78 is 12.3. The van der Waals surface area contributed by atoms with Crippen LogP contribution in [0, 0.1) is 0 Å². The number of hydrogen-bond acceptors (Lipinski definition) is 6. The third kappa shape index (κ3) is 1.87. The van der Waals surface area contributed by atoms with Gasteiger partial charge in [0.2, 0.25) is 0 Å². The van der Waals surface area contributed by atoms with Crippen molar-refractivity contribution in [2.24, 2.45) is 0 Å². The number of esters is 1. The van der Waals surface area contributed by atoms with E-state index in [1.807, 2.05) is 0 Å². The summed E-state index contributed by atoms with van der Waals surface area (Å²) in [5.74, 6) is -0.979. The zero-order valence-corrected chi connectivity index (χ0v) is 6.51. The zero-order valence-electron chi connectivity index (χ0n) is 5.70. The molecule has 0 aliphatic rings. The lowest BCUT2D eigenvalue weighted by Gasteiger charge is -1.93. The maximum Gasteiger partial charge on any atom is 0.414 e. The minimum Gasteiger partial charge on any atom is -0.459 e. The second-order valence-electron chi connectivity index (χ2n) is 1.56. The molecular weight excluding hydrogens is 170 g/mol. The summed E-state index contributed by atoms with van der Waals surface area (Å²) >= 11 is 0.586. The molecule has 1 aromatic rings. The predicted molar refractivity (Wildman–Crippen MR) is 36.6 cm³/mol. The van der Waals surface area contributed by atoms with Gasteiger partial charge in [-0.25, -0.2) is 9.59 Å². The fraction of sp³-hybridized carbons (Fsp3) is 0.400. The molecule has 60 valence electrons. The summed E-state index contributed by atoms with van der Waals surface area (Å²) in [6.07, 6.45) is 0. The number of carbonyl (C=O) groups excluding carboxylic acids is 1. The molecule has 0 radical (unpaired) electrons. The van der Waals surface area contributed by atoms with E-state index < -0.39 is 10.9 Å². The number of rotatable bonds is 2. The molecule has 0 aliphatic heterocycles. The molecule has 6 heteroatoms. The Bertz CT molecular complexity index is 301. The van der Waals surface area contributed by atoms with Gasteiger partial charge in [-0.15, -0.1) is 4.37 Å². The third-order valence-corrected chi connectivity index (χ3v) is 1.32. The Kier molecular flexibility index (Phi) is 2.37. The molecule has 1 heterocycles. The summed E-state index contributed by atoms with van der Waals surface area (Å²) in [4.78, 5) is 20.5. The molecule has 0 fully saturated rings. The summed E-state index contributed by atoms with van der Waals surface area (Å²) in [7, 11) is 0. The van der Waals surface area contributed by atoms with Crippen LogP contribution in [0.3, 0.4) is 0 Å². The van der Waals surface area contributed by atoms with Crippen LogP contribution >= 0.6 is 11.5 Å². The average molecular weight is 175 g/mol. The van der Waals surface area contributed by atoms with Gasteiger partial charge in [-0.3, -0.25) is 0 Å². The summed E-state index contributed by atoms with van der Waals surface area (Å²) in [6.45, 7) is 1.89. The second-order valence-corrected chi connectivity index (χ2v) is 2.26. The zero-order chi connectivity index (χ0) is 8.27. The highest BCUT2D eigenvalue weighted by molar-refractivity contribution is 7.02. The first-order valence-electron chi connectivity index (χ1n) is 2.88. The van der Waals surface area contributed by atoms with Gasteiger partial charge in [-0.05, 0) is 6.92 Å². The van der Waals surface area contributed by atoms with Crippen LogP contribution in [0.25, 0.3) is 0 Å². The fourth-order valence-electron chi connectivity index (χ4n) is 0.467. The molecule has 11 heavy (non-hydrogen) atoms. The van der Waals surface area contributed by atoms with Crippen molar-refractivity contribution in [1.82, 2.24) is 4.37 Å². The maximum atomic E-state index is 10.7. The van der Waals surface area contributed by atoms with E-state index in [-0.39, 0.29) is 12.5 Å². The average Bonchev–Trinajstić information content (AvgIpc) is 2.36. The first-order valence-corrected chi connectivity index (χ1v) is 3.65. The summed E-state index contributed by atoms with van der Waals surface area (Å²) in [5.41, 5.74) is 0. The first-order chi connectivity index (χ1) is 5.24. The molecule has 0 saturated carbocycles. The van der Waals surface area contributed by atoms with E-state index in [1.54, 1.807) is 6.92 Å². The standard InChI is InChI=1S/C5H5NO4S/c1-2-9-4(7)3-6-11-5(8)10-3/h2H2,1H3. The van der Waals surface area contributed by atoms with Crippen LogP contribution in [0.1, 0.15) is 17.6 Å². The molecule has 0 saturated heterocycles. The van der Waals surface area contributed by atoms with E-state index >= 15 is 0 Å². The quantitative estimate of drug-likeness (QED) is 0.603. The van der Waals surface area contributed by atoms with Gasteiger partial charge < -0.3 is 9.15 Å². The second kappa shape index (κ2) is 3.29. The maximum absolute atomic E-state index is 10.7. The molecule has 0 amide bonds. The smallest absolute Gasteiger partial charge is 0.414 e. The normalized spacial score (nSPS) is 9.55. The Hall–Kier alpha value is -1.17. The number of nitrogens with zero attached hydrogens (tertiary/aromatic N) is 1. The molecule has 0 unspecified atom stereocenters. The molecule has 1 rings (SSSR count). The Morgan fingerprint density at radius 3 is 3.00 bits per heavy atom. The fourth-order valence-corrected chi connectivity index (χ4v) is 0.852. The van der Waals surface area contributed by atoms with Gasteiger partial charge in [0.1, 0.15) is 0 Å². The molecule has 0 aromatic carbocycles. The number of aromatic nitrogens is 1. The topological polar surface area (TPSA) is 69.4 Å². The minimum atomic E-state index is -0.703. The Labute approximate surface area is 65.8 Å². The van der Waals surface area contributed by atoms with E-state index in [2.05, 4.69) is 13.5 Å². The Balaban J connectivity index is 2.76. The molecule has 5 nitrogen and oxygen atoms in total. The molecule has 0 atom stereocenters. The lowest BCUT2D eigenvalue weighted by Crippen LogP contribution is -2.04. The van der Waals surface area contributed by atoms with Gasteiger partial charge in [0.15, 0.2) is 0 Å². The highest BCUT2D eigenvalue weighted by Crippen LogP contribution is 1.95. The Morgan fingerprint density at radius 1 is 1.82 bits per heavy atom. The lowest BCUT2D eigenvalue weighted by molar-refractivity contribution is 0.0479. The largest absolute Gasteiger partial charge is 0.459 e. The van der Waals surface area contributed by atoms with Gasteiger partial charge in [0.25, 0.3) is 0 Å². The van der Waals surface area contributed by atoms with Crippen LogP contribution in [0.4, 0.5) is 0 Å². The molecule has 1 aromatic heterocycles. The minimum absolute atomic E-state index is 0.236. The van der Waals surface area contributed by atoms with Crippen LogP contribution in [-0.4, -0.2) is 16.9 Å². The van der Waals surface area contributed by atoms with Crippen molar-refractivity contribution < 1.29 is 13.9 Å². The van der Waals surface area contributed by atoms with Gasteiger partial charge >= 0.3 is 16.8 Å². The number of ether oxygens (including phenoxy) is 1. The molecule has 0 aliphatic carbocycles. The molecule has 0 bridgehead atoms. The van der Waals surface area contributed by atoms with Crippen LogP contribution in [0.5, 0.6) is 0 Å². The van der Waals surface area contributed by atoms with Crippen LogP contribution < -0.4 is 4.94 Å². The van der Waals surface area contributed by atoms with E-state index in [0.29, 0.717) is 11.5 Å². The van der Waals surface area contributed by atoms with Gasteiger partial charge in [-0.1, -0.05) is 0 Å². The van der Waals surface area contributed by atoms with Crippen molar-refractivity contribution in [3.05, 3.63) is 15.6 Å². The number of hydrogen-bond donors (Lipinski definition) is 0. The molecule has 0 spiro atoms. The molecular formula is C5H5NO4S. The highest BCUT2D eigenvalue weighted by atomic mass is 32.1. The summed E-state index contributed by atoms with van der Waals surface area (Å²) in [6, 6.07) is 0. The molecule has 0 N–H and O–H groups in total. The van der Waals surface area contributed by atoms with Crippen molar-refractivity contribution in [2.75, 3.05) is 6.61 Å². The van der Waals surface area contributed by atoms with E-state index in [9.17, 15) is 9.59 Å². The van der Waals surface area contributed by atoms with Crippen molar-refractivity contribution in [3.63, 3.8) is 0 Å². The van der Waals surface area contributed by atoms with Gasteiger partial charge in [0, 0.05) is 0 Å². The van der Waals surface area contributed by atoms with Crippen LogP contribution in [0.15, 0.2) is 9.21 Å². The lowest BCUT2D eigenvalue weighted by atomic mass is 10.7. The van der Waals surface area contributed by atoms with Crippen LogP contribution in [-0.2, 0) is 4.74 Å². The summed E-state index contributed by atoms with van der Waals surface area (Å²) in [5, 5.41) is 0. The SMILES string of the molecule is CCOC(=O)c1nsc(=O)o1. The first kappa shape index (κ1) is 7.93. The van der Waals surface area contributed by atoms with E-state index in [4.69, 9.17) is 0 Å². The third-order valence-electron chi connectivity index (χ3n) is 0.833. The Morgan fingerprint density at radius 2 is 2.55 bits per heavy atom. The van der Waals surface area contributed by atoms with Gasteiger partial charge in [-0.2, -0.15) is 0 Å². The monoisotopic (exact) mass is 175 g/mol.